The van der Waals surface area contributed by atoms with Gasteiger partial charge in [0.25, 0.3) is 0 Å². The van der Waals surface area contributed by atoms with Gasteiger partial charge in [0, 0.05) is 5.56 Å². The Hall–Kier alpha value is -0.303. The van der Waals surface area contributed by atoms with Gasteiger partial charge in [-0.1, -0.05) is 51.5 Å². The molecule has 0 nitrogen and oxygen atoms in total. The zero-order valence-corrected chi connectivity index (χ0v) is 16.4. The summed E-state index contributed by atoms with van der Waals surface area (Å²) in [4.78, 5) is 0. The lowest BCUT2D eigenvalue weighted by Crippen LogP contribution is -2.19. The van der Waals surface area contributed by atoms with Crippen LogP contribution in [0.15, 0.2) is 24.3 Å². The summed E-state index contributed by atoms with van der Waals surface area (Å²) >= 11 is 4.22. The Kier molecular flexibility index (Phi) is 5.94. The van der Waals surface area contributed by atoms with Crippen LogP contribution < -0.4 is 0 Å². The van der Waals surface area contributed by atoms with Gasteiger partial charge in [0.05, 0.1) is 4.58 Å². The molecule has 1 aliphatic heterocycles. The van der Waals surface area contributed by atoms with Gasteiger partial charge < -0.3 is 0 Å². The van der Waals surface area contributed by atoms with Gasteiger partial charge in [-0.3, -0.25) is 0 Å². The van der Waals surface area contributed by atoms with Crippen molar-refractivity contribution in [2.45, 2.75) is 38.1 Å². The van der Waals surface area contributed by atoms with Crippen LogP contribution >= 0.6 is 23.5 Å². The van der Waals surface area contributed by atoms with E-state index in [9.17, 15) is 0 Å². The first-order valence-corrected chi connectivity index (χ1v) is 13.3. The van der Waals surface area contributed by atoms with E-state index in [2.05, 4.69) is 92.7 Å². The van der Waals surface area contributed by atoms with Crippen LogP contribution in [0, 0.1) is 23.3 Å². The van der Waals surface area contributed by atoms with Gasteiger partial charge in [-0.2, -0.15) is 0 Å². The highest BCUT2D eigenvalue weighted by molar-refractivity contribution is 8.16. The number of rotatable bonds is 2. The maximum atomic E-state index is 3.43. The van der Waals surface area contributed by atoms with Crippen molar-refractivity contribution in [3.05, 3.63) is 35.4 Å². The van der Waals surface area contributed by atoms with Crippen LogP contribution in [0.4, 0.5) is 0 Å². The van der Waals surface area contributed by atoms with Crippen molar-refractivity contribution in [2.75, 3.05) is 11.5 Å². The Labute approximate surface area is 139 Å². The molecule has 2 rings (SSSR count). The van der Waals surface area contributed by atoms with E-state index in [0.29, 0.717) is 4.58 Å². The molecule has 0 N–H and O–H groups in total. The molecule has 0 spiro atoms. The first kappa shape index (κ1) is 17.1. The molecular weight excluding hydrogens is 308 g/mol. The Morgan fingerprint density at radius 1 is 1.05 bits per heavy atom. The first-order valence-electron chi connectivity index (χ1n) is 7.71. The molecule has 0 radical (unpaired) electrons. The molecule has 0 bridgehead atoms. The maximum Gasteiger partial charge on any atom is 0.129 e. The van der Waals surface area contributed by atoms with Crippen molar-refractivity contribution in [3.63, 3.8) is 0 Å². The van der Waals surface area contributed by atoms with Crippen LogP contribution in [0.25, 0.3) is 0 Å². The van der Waals surface area contributed by atoms with E-state index in [1.807, 2.05) is 0 Å². The van der Waals surface area contributed by atoms with Crippen molar-refractivity contribution in [1.82, 2.24) is 0 Å². The van der Waals surface area contributed by atoms with Gasteiger partial charge in [0.1, 0.15) is 8.07 Å². The third-order valence-electron chi connectivity index (χ3n) is 3.63. The Bertz CT molecular complexity index is 509. The average molecular weight is 335 g/mol. The molecule has 0 saturated carbocycles. The quantitative estimate of drug-likeness (QED) is 0.505. The minimum atomic E-state index is -1.27. The second-order valence-electron chi connectivity index (χ2n) is 7.12. The van der Waals surface area contributed by atoms with Gasteiger partial charge >= 0.3 is 0 Å². The third kappa shape index (κ3) is 5.43. The number of hydrogen-bond acceptors (Lipinski definition) is 2. The molecule has 1 fully saturated rings. The highest BCUT2D eigenvalue weighted by atomic mass is 32.2. The SMILES string of the molecule is CC(C)[C@H]1CS[C@H](c2ccc(C#C[Si](C)(C)C)cc2)SC1. The van der Waals surface area contributed by atoms with Gasteiger partial charge in [0.15, 0.2) is 0 Å². The van der Waals surface area contributed by atoms with E-state index < -0.39 is 8.07 Å². The molecule has 1 aromatic carbocycles. The number of thioether (sulfide) groups is 2. The van der Waals surface area contributed by atoms with Crippen LogP contribution in [0.5, 0.6) is 0 Å². The molecule has 1 aliphatic rings. The third-order valence-corrected chi connectivity index (χ3v) is 7.71. The fourth-order valence-corrected chi connectivity index (χ4v) is 6.15. The molecule has 1 saturated heterocycles. The zero-order chi connectivity index (χ0) is 15.5. The largest absolute Gasteiger partial charge is 0.142 e. The predicted molar refractivity (Wildman–Crippen MR) is 103 cm³/mol. The van der Waals surface area contributed by atoms with Crippen molar-refractivity contribution in [1.29, 1.82) is 0 Å². The smallest absolute Gasteiger partial charge is 0.129 e. The summed E-state index contributed by atoms with van der Waals surface area (Å²) in [5.41, 5.74) is 6.04. The topological polar surface area (TPSA) is 0 Å². The van der Waals surface area contributed by atoms with Gasteiger partial charge in [0.2, 0.25) is 0 Å². The Morgan fingerprint density at radius 2 is 1.62 bits per heavy atom. The fourth-order valence-electron chi connectivity index (χ4n) is 2.08. The lowest BCUT2D eigenvalue weighted by atomic mass is 10.0. The summed E-state index contributed by atoms with van der Waals surface area (Å²) in [5.74, 6) is 7.61. The molecular formula is C18H26S2Si. The second-order valence-corrected chi connectivity index (χ2v) is 14.4. The monoisotopic (exact) mass is 334 g/mol. The molecule has 1 heterocycles. The van der Waals surface area contributed by atoms with Gasteiger partial charge in [-0.05, 0) is 41.0 Å². The highest BCUT2D eigenvalue weighted by Crippen LogP contribution is 2.46. The Balaban J connectivity index is 1.98. The molecule has 0 aliphatic carbocycles. The fraction of sp³-hybridized carbons (Fsp3) is 0.556. The van der Waals surface area contributed by atoms with E-state index in [1.165, 1.54) is 17.1 Å². The maximum absolute atomic E-state index is 3.43. The normalized spacial score (nSPS) is 22.8. The minimum absolute atomic E-state index is 0.610. The second kappa shape index (κ2) is 7.31. The van der Waals surface area contributed by atoms with Gasteiger partial charge in [-0.25, -0.2) is 0 Å². The summed E-state index contributed by atoms with van der Waals surface area (Å²) in [6, 6.07) is 8.93. The average Bonchev–Trinajstić information content (AvgIpc) is 2.45. The lowest BCUT2D eigenvalue weighted by molar-refractivity contribution is 0.470. The molecule has 21 heavy (non-hydrogen) atoms. The van der Waals surface area contributed by atoms with Crippen LogP contribution in [0.1, 0.15) is 29.6 Å². The Morgan fingerprint density at radius 3 is 2.10 bits per heavy atom. The zero-order valence-electron chi connectivity index (χ0n) is 13.8. The molecule has 114 valence electrons. The number of hydrogen-bond donors (Lipinski definition) is 0. The summed E-state index contributed by atoms with van der Waals surface area (Å²) in [5, 5.41) is 0. The standard InChI is InChI=1S/C18H26S2Si/c1-14(2)17-12-19-18(20-13-17)16-8-6-15(7-9-16)10-11-21(3,4)5/h6-9,14,17-18H,12-13H2,1-5H3/t17-,18-. The van der Waals surface area contributed by atoms with Crippen LogP contribution in [0.2, 0.25) is 19.6 Å². The molecule has 0 aromatic heterocycles. The molecule has 0 atom stereocenters. The van der Waals surface area contributed by atoms with E-state index in [1.54, 1.807) is 0 Å². The van der Waals surface area contributed by atoms with E-state index >= 15 is 0 Å². The molecule has 1 aromatic rings. The van der Waals surface area contributed by atoms with Crippen molar-refractivity contribution >= 4 is 31.6 Å². The summed E-state index contributed by atoms with van der Waals surface area (Å²) < 4.78 is 0.610. The van der Waals surface area contributed by atoms with Crippen LogP contribution in [-0.4, -0.2) is 19.6 Å². The van der Waals surface area contributed by atoms with E-state index in [0.717, 1.165) is 17.4 Å². The predicted octanol–water partition coefficient (Wildman–Crippen LogP) is 5.67. The van der Waals surface area contributed by atoms with Crippen LogP contribution in [0.3, 0.4) is 0 Å². The van der Waals surface area contributed by atoms with Crippen molar-refractivity contribution < 1.29 is 0 Å². The summed E-state index contributed by atoms with van der Waals surface area (Å²) in [6.07, 6.45) is 0. The van der Waals surface area contributed by atoms with Crippen LogP contribution in [-0.2, 0) is 0 Å². The van der Waals surface area contributed by atoms with E-state index in [4.69, 9.17) is 0 Å². The lowest BCUT2D eigenvalue weighted by Gasteiger charge is -2.30. The molecule has 3 heteroatoms. The van der Waals surface area contributed by atoms with Gasteiger partial charge in [-0.15, -0.1) is 29.1 Å². The summed E-state index contributed by atoms with van der Waals surface area (Å²) in [6.45, 7) is 11.6. The van der Waals surface area contributed by atoms with Crippen molar-refractivity contribution in [3.8, 4) is 11.5 Å². The molecule has 0 amide bonds. The number of benzene rings is 1. The highest BCUT2D eigenvalue weighted by Gasteiger charge is 2.25. The van der Waals surface area contributed by atoms with E-state index in [-0.39, 0.29) is 0 Å². The first-order chi connectivity index (χ1) is 9.85. The molecule has 0 unspecified atom stereocenters. The summed E-state index contributed by atoms with van der Waals surface area (Å²) in [7, 11) is -1.27. The van der Waals surface area contributed by atoms with Crippen molar-refractivity contribution in [2.24, 2.45) is 11.8 Å². The minimum Gasteiger partial charge on any atom is -0.142 e.